The molecule has 1 N–H and O–H groups in total. The van der Waals surface area contributed by atoms with Crippen LogP contribution < -0.4 is 10.1 Å². The van der Waals surface area contributed by atoms with E-state index in [0.29, 0.717) is 29.9 Å². The number of ether oxygens (including phenoxy) is 1. The molecule has 2 fully saturated rings. The molecule has 2 aromatic rings. The summed E-state index contributed by atoms with van der Waals surface area (Å²) in [5.74, 6) is 1.70. The first-order valence-electron chi connectivity index (χ1n) is 9.58. The summed E-state index contributed by atoms with van der Waals surface area (Å²) in [5.41, 5.74) is 0.828. The molecule has 1 aromatic heterocycles. The molecule has 1 saturated carbocycles. The van der Waals surface area contributed by atoms with Gasteiger partial charge in [-0.3, -0.25) is 0 Å². The number of fused-ring (bicyclic) bond motifs is 1. The molecule has 0 radical (unpaired) electrons. The van der Waals surface area contributed by atoms with E-state index < -0.39 is 18.7 Å². The third-order valence-corrected chi connectivity index (χ3v) is 5.60. The molecule has 1 aliphatic carbocycles. The fourth-order valence-corrected chi connectivity index (χ4v) is 4.16. The van der Waals surface area contributed by atoms with Crippen molar-refractivity contribution in [1.82, 2.24) is 19.8 Å². The van der Waals surface area contributed by atoms with Crippen LogP contribution in [0.15, 0.2) is 36.8 Å². The Hall–Kier alpha value is -2.55. The highest BCUT2D eigenvalue weighted by atomic mass is 19.4. The Labute approximate surface area is 166 Å². The molecule has 0 bridgehead atoms. The number of carbonyl (C=O) groups excluding carboxylic acids is 1. The summed E-state index contributed by atoms with van der Waals surface area (Å²) < 4.78 is 45.2. The van der Waals surface area contributed by atoms with Gasteiger partial charge in [0.1, 0.15) is 0 Å². The molecule has 1 aromatic carbocycles. The molecule has 2 unspecified atom stereocenters. The number of amides is 1. The summed E-state index contributed by atoms with van der Waals surface area (Å²) in [6.45, 7) is 2.60. The number of halogens is 3. The number of carbonyl (C=O) groups is 1. The maximum absolute atomic E-state index is 12.8. The summed E-state index contributed by atoms with van der Waals surface area (Å²) in [6, 6.07) is 6.28. The molecular weight excluding hydrogens is 385 g/mol. The molecule has 1 aliphatic heterocycles. The second-order valence-corrected chi connectivity index (χ2v) is 7.89. The van der Waals surface area contributed by atoms with Gasteiger partial charge in [-0.2, -0.15) is 13.2 Å². The highest BCUT2D eigenvalue weighted by Crippen LogP contribution is 2.49. The average molecular weight is 408 g/mol. The van der Waals surface area contributed by atoms with Gasteiger partial charge in [-0.15, -0.1) is 0 Å². The molecule has 29 heavy (non-hydrogen) atoms. The minimum Gasteiger partial charge on any atom is -0.389 e. The van der Waals surface area contributed by atoms with E-state index in [2.05, 4.69) is 10.3 Å². The summed E-state index contributed by atoms with van der Waals surface area (Å²) in [5, 5.41) is 3.32. The summed E-state index contributed by atoms with van der Waals surface area (Å²) in [7, 11) is 1.77. The van der Waals surface area contributed by atoms with Crippen molar-refractivity contribution in [2.75, 3.05) is 19.6 Å². The fourth-order valence-electron chi connectivity index (χ4n) is 4.16. The first kappa shape index (κ1) is 19.8. The van der Waals surface area contributed by atoms with Crippen LogP contribution in [0.4, 0.5) is 18.0 Å². The number of hydrogen-bond acceptors (Lipinski definition) is 4. The van der Waals surface area contributed by atoms with Crippen molar-refractivity contribution in [1.29, 1.82) is 0 Å². The number of imidazole rings is 1. The highest BCUT2D eigenvalue weighted by Gasteiger charge is 2.53. The van der Waals surface area contributed by atoms with Crippen LogP contribution in [0, 0.1) is 17.8 Å². The van der Waals surface area contributed by atoms with Crippen LogP contribution >= 0.6 is 0 Å². The van der Waals surface area contributed by atoms with Crippen LogP contribution in [0.2, 0.25) is 0 Å². The number of aryl methyl sites for hydroxylation is 1. The molecule has 2 aliphatic rings. The molecule has 1 saturated heterocycles. The number of nitrogens with one attached hydrogen (secondary N) is 1. The number of piperidine rings is 1. The molecule has 2 atom stereocenters. The SMILES string of the molecule is Cn1cnc(OC(=O)N(Cc2cccc(CC(F)(F)F)c2)CC2C3CNCC32)c1. The smallest absolute Gasteiger partial charge is 0.389 e. The minimum absolute atomic E-state index is 0.181. The Kier molecular flexibility index (Phi) is 5.24. The lowest BCUT2D eigenvalue weighted by atomic mass is 10.1. The molecule has 156 valence electrons. The summed E-state index contributed by atoms with van der Waals surface area (Å²) >= 11 is 0. The number of rotatable bonds is 6. The van der Waals surface area contributed by atoms with Gasteiger partial charge in [0.2, 0.25) is 5.88 Å². The Morgan fingerprint density at radius 1 is 1.31 bits per heavy atom. The monoisotopic (exact) mass is 408 g/mol. The molecule has 2 heterocycles. The molecule has 0 spiro atoms. The maximum Gasteiger partial charge on any atom is 0.416 e. The van der Waals surface area contributed by atoms with E-state index in [1.165, 1.54) is 18.5 Å². The largest absolute Gasteiger partial charge is 0.416 e. The van der Waals surface area contributed by atoms with Gasteiger partial charge < -0.3 is 19.5 Å². The van der Waals surface area contributed by atoms with Crippen molar-refractivity contribution in [3.8, 4) is 5.88 Å². The quantitative estimate of drug-likeness (QED) is 0.799. The van der Waals surface area contributed by atoms with Crippen molar-refractivity contribution < 1.29 is 22.7 Å². The van der Waals surface area contributed by atoms with Crippen LogP contribution in [0.5, 0.6) is 5.88 Å². The average Bonchev–Trinajstić information content (AvgIpc) is 2.99. The van der Waals surface area contributed by atoms with Crippen molar-refractivity contribution in [2.45, 2.75) is 19.1 Å². The van der Waals surface area contributed by atoms with Crippen molar-refractivity contribution in [3.05, 3.63) is 47.9 Å². The van der Waals surface area contributed by atoms with E-state index in [1.807, 2.05) is 0 Å². The first-order valence-corrected chi connectivity index (χ1v) is 9.58. The third kappa shape index (κ3) is 4.90. The lowest BCUT2D eigenvalue weighted by Gasteiger charge is -2.23. The maximum atomic E-state index is 12.8. The standard InChI is InChI=1S/C20H23F3N4O2/c1-26-11-18(25-12-26)29-19(28)27(10-17-15-7-24-8-16(15)17)9-14-4-2-3-13(5-14)6-20(21,22)23/h2-5,11-12,15-17,24H,6-10H2,1H3. The van der Waals surface area contributed by atoms with E-state index in [1.54, 1.807) is 34.8 Å². The van der Waals surface area contributed by atoms with Gasteiger partial charge in [0, 0.05) is 20.1 Å². The fraction of sp³-hybridized carbons (Fsp3) is 0.500. The summed E-state index contributed by atoms with van der Waals surface area (Å²) in [6.07, 6.45) is -2.67. The van der Waals surface area contributed by atoms with Crippen LogP contribution in [0.25, 0.3) is 0 Å². The normalized spacial score (nSPS) is 23.0. The number of hydrogen-bond donors (Lipinski definition) is 1. The number of alkyl halides is 3. The minimum atomic E-state index is -4.27. The van der Waals surface area contributed by atoms with E-state index in [-0.39, 0.29) is 18.0 Å². The van der Waals surface area contributed by atoms with Crippen LogP contribution in [-0.4, -0.2) is 46.4 Å². The number of benzene rings is 1. The molecule has 6 nitrogen and oxygen atoms in total. The predicted molar refractivity (Wildman–Crippen MR) is 99.2 cm³/mol. The molecule has 1 amide bonds. The van der Waals surface area contributed by atoms with E-state index in [4.69, 9.17) is 4.74 Å². The molecule has 9 heteroatoms. The van der Waals surface area contributed by atoms with Gasteiger partial charge in [0.05, 0.1) is 18.9 Å². The number of aromatic nitrogens is 2. The van der Waals surface area contributed by atoms with Gasteiger partial charge in [0.25, 0.3) is 0 Å². The second-order valence-electron chi connectivity index (χ2n) is 7.89. The lowest BCUT2D eigenvalue weighted by molar-refractivity contribution is -0.127. The van der Waals surface area contributed by atoms with Gasteiger partial charge in [-0.05, 0) is 42.0 Å². The predicted octanol–water partition coefficient (Wildman–Crippen LogP) is 2.99. The third-order valence-electron chi connectivity index (χ3n) is 5.60. The highest BCUT2D eigenvalue weighted by molar-refractivity contribution is 5.70. The Balaban J connectivity index is 1.47. The second kappa shape index (κ2) is 7.70. The Bertz CT molecular complexity index is 873. The van der Waals surface area contributed by atoms with Gasteiger partial charge in [-0.25, -0.2) is 9.78 Å². The lowest BCUT2D eigenvalue weighted by Crippen LogP contribution is -2.36. The molecular formula is C20H23F3N4O2. The van der Waals surface area contributed by atoms with E-state index in [0.717, 1.165) is 13.1 Å². The van der Waals surface area contributed by atoms with Gasteiger partial charge >= 0.3 is 12.3 Å². The van der Waals surface area contributed by atoms with Crippen molar-refractivity contribution in [2.24, 2.45) is 24.8 Å². The van der Waals surface area contributed by atoms with Crippen molar-refractivity contribution in [3.63, 3.8) is 0 Å². The zero-order chi connectivity index (χ0) is 20.6. The zero-order valence-electron chi connectivity index (χ0n) is 16.0. The van der Waals surface area contributed by atoms with E-state index >= 15 is 0 Å². The van der Waals surface area contributed by atoms with E-state index in [9.17, 15) is 18.0 Å². The molecule has 4 rings (SSSR count). The summed E-state index contributed by atoms with van der Waals surface area (Å²) in [4.78, 5) is 18.4. The van der Waals surface area contributed by atoms with Crippen LogP contribution in [-0.2, 0) is 20.0 Å². The number of nitrogens with zero attached hydrogens (tertiary/aromatic N) is 3. The topological polar surface area (TPSA) is 59.4 Å². The van der Waals surface area contributed by atoms with Crippen molar-refractivity contribution >= 4 is 6.09 Å². The first-order chi connectivity index (χ1) is 13.8. The zero-order valence-corrected chi connectivity index (χ0v) is 16.0. The van der Waals surface area contributed by atoms with Crippen LogP contribution in [0.3, 0.4) is 0 Å². The van der Waals surface area contributed by atoms with Gasteiger partial charge in [-0.1, -0.05) is 24.3 Å². The Morgan fingerprint density at radius 3 is 2.69 bits per heavy atom. The van der Waals surface area contributed by atoms with Gasteiger partial charge in [0.15, 0.2) is 0 Å². The van der Waals surface area contributed by atoms with Crippen LogP contribution in [0.1, 0.15) is 11.1 Å². The Morgan fingerprint density at radius 2 is 2.03 bits per heavy atom.